The standard InChI is InChI=1S/C22H28N2O5/c1-8-28-20(26)18-14(2)24(21(27)29-22(3,4)5)17(13-25)19(18)15-9-11-16(12-10-15)23(6)7/h9-13H,8H2,1-7H3. The van der Waals surface area contributed by atoms with E-state index in [2.05, 4.69) is 0 Å². The van der Waals surface area contributed by atoms with Gasteiger partial charge in [0.1, 0.15) is 11.3 Å². The monoisotopic (exact) mass is 400 g/mol. The lowest BCUT2D eigenvalue weighted by Crippen LogP contribution is -2.28. The van der Waals surface area contributed by atoms with Crippen molar-refractivity contribution in [2.24, 2.45) is 0 Å². The highest BCUT2D eigenvalue weighted by Crippen LogP contribution is 2.34. The number of nitrogens with zero attached hydrogens (tertiary/aromatic N) is 2. The van der Waals surface area contributed by atoms with Crippen LogP contribution in [0.3, 0.4) is 0 Å². The molecule has 2 aromatic rings. The molecule has 7 nitrogen and oxygen atoms in total. The third-order valence-corrected chi connectivity index (χ3v) is 4.28. The van der Waals surface area contributed by atoms with Gasteiger partial charge >= 0.3 is 12.1 Å². The maximum atomic E-state index is 12.8. The summed E-state index contributed by atoms with van der Waals surface area (Å²) in [6.07, 6.45) is -0.159. The number of esters is 1. The highest BCUT2D eigenvalue weighted by atomic mass is 16.6. The van der Waals surface area contributed by atoms with Crippen LogP contribution in [0, 0.1) is 6.92 Å². The average molecular weight is 400 g/mol. The zero-order valence-electron chi connectivity index (χ0n) is 18.0. The Balaban J connectivity index is 2.76. The van der Waals surface area contributed by atoms with E-state index in [1.54, 1.807) is 46.8 Å². The van der Waals surface area contributed by atoms with Gasteiger partial charge < -0.3 is 14.4 Å². The van der Waals surface area contributed by atoms with Crippen molar-refractivity contribution in [3.8, 4) is 11.1 Å². The van der Waals surface area contributed by atoms with Crippen molar-refractivity contribution >= 4 is 24.0 Å². The summed E-state index contributed by atoms with van der Waals surface area (Å²) in [4.78, 5) is 39.5. The van der Waals surface area contributed by atoms with Gasteiger partial charge in [-0.15, -0.1) is 0 Å². The molecule has 0 saturated carbocycles. The predicted octanol–water partition coefficient (Wildman–Crippen LogP) is 4.30. The Morgan fingerprint density at radius 3 is 2.17 bits per heavy atom. The van der Waals surface area contributed by atoms with E-state index in [9.17, 15) is 14.4 Å². The Morgan fingerprint density at radius 2 is 1.72 bits per heavy atom. The van der Waals surface area contributed by atoms with E-state index in [1.165, 1.54) is 0 Å². The maximum Gasteiger partial charge on any atom is 0.419 e. The molecule has 1 heterocycles. The van der Waals surface area contributed by atoms with Crippen LogP contribution in [0.2, 0.25) is 0 Å². The Labute approximate surface area is 171 Å². The van der Waals surface area contributed by atoms with Crippen molar-refractivity contribution in [3.05, 3.63) is 41.2 Å². The summed E-state index contributed by atoms with van der Waals surface area (Å²) in [5.74, 6) is -0.595. The van der Waals surface area contributed by atoms with E-state index >= 15 is 0 Å². The molecular weight excluding hydrogens is 372 g/mol. The Morgan fingerprint density at radius 1 is 1.14 bits per heavy atom. The van der Waals surface area contributed by atoms with Crippen LogP contribution >= 0.6 is 0 Å². The molecule has 0 radical (unpaired) electrons. The first-order valence-electron chi connectivity index (χ1n) is 9.40. The van der Waals surface area contributed by atoms with Crippen LogP contribution in [0.4, 0.5) is 10.5 Å². The number of aromatic nitrogens is 1. The predicted molar refractivity (Wildman–Crippen MR) is 112 cm³/mol. The van der Waals surface area contributed by atoms with E-state index in [0.29, 0.717) is 23.1 Å². The molecule has 0 fully saturated rings. The lowest BCUT2D eigenvalue weighted by Gasteiger charge is -2.20. The fourth-order valence-corrected chi connectivity index (χ4v) is 3.04. The summed E-state index contributed by atoms with van der Waals surface area (Å²) in [6.45, 7) is 8.67. The number of rotatable bonds is 5. The number of aldehydes is 1. The summed E-state index contributed by atoms with van der Waals surface area (Å²) < 4.78 is 11.8. The minimum atomic E-state index is -0.758. The number of carbonyl (C=O) groups is 3. The second-order valence-electron chi connectivity index (χ2n) is 7.82. The van der Waals surface area contributed by atoms with Gasteiger partial charge in [-0.2, -0.15) is 0 Å². The lowest BCUT2D eigenvalue weighted by atomic mass is 10.00. The van der Waals surface area contributed by atoms with Crippen LogP contribution in [-0.4, -0.2) is 49.2 Å². The Bertz CT molecular complexity index is 918. The molecule has 0 bridgehead atoms. The summed E-state index contributed by atoms with van der Waals surface area (Å²) >= 11 is 0. The van der Waals surface area contributed by atoms with Crippen molar-refractivity contribution in [2.45, 2.75) is 40.2 Å². The van der Waals surface area contributed by atoms with E-state index < -0.39 is 17.7 Å². The average Bonchev–Trinajstić information content (AvgIpc) is 2.92. The largest absolute Gasteiger partial charge is 0.462 e. The lowest BCUT2D eigenvalue weighted by molar-refractivity contribution is 0.0522. The molecule has 0 saturated heterocycles. The highest BCUT2D eigenvalue weighted by Gasteiger charge is 2.31. The third kappa shape index (κ3) is 4.67. The fourth-order valence-electron chi connectivity index (χ4n) is 3.04. The van der Waals surface area contributed by atoms with Crippen molar-refractivity contribution in [1.29, 1.82) is 0 Å². The van der Waals surface area contributed by atoms with Gasteiger partial charge in [0.25, 0.3) is 0 Å². The van der Waals surface area contributed by atoms with Crippen LogP contribution in [0.25, 0.3) is 11.1 Å². The smallest absolute Gasteiger partial charge is 0.419 e. The van der Waals surface area contributed by atoms with Gasteiger partial charge in [-0.25, -0.2) is 14.2 Å². The van der Waals surface area contributed by atoms with E-state index in [4.69, 9.17) is 9.47 Å². The van der Waals surface area contributed by atoms with Crippen LogP contribution in [0.1, 0.15) is 54.2 Å². The van der Waals surface area contributed by atoms with Crippen LogP contribution in [0.15, 0.2) is 24.3 Å². The quantitative estimate of drug-likeness (QED) is 0.550. The van der Waals surface area contributed by atoms with Crippen molar-refractivity contribution < 1.29 is 23.9 Å². The maximum absolute atomic E-state index is 12.8. The molecule has 0 aliphatic heterocycles. The number of ether oxygens (including phenoxy) is 2. The molecule has 1 aromatic carbocycles. The second kappa shape index (κ2) is 8.51. The first-order valence-corrected chi connectivity index (χ1v) is 9.40. The van der Waals surface area contributed by atoms with Crippen LogP contribution < -0.4 is 4.90 Å². The Hall–Kier alpha value is -3.09. The molecule has 7 heteroatoms. The zero-order chi connectivity index (χ0) is 21.9. The summed E-state index contributed by atoms with van der Waals surface area (Å²) in [5, 5.41) is 0. The molecule has 29 heavy (non-hydrogen) atoms. The fraction of sp³-hybridized carbons (Fsp3) is 0.409. The molecule has 0 amide bonds. The summed E-state index contributed by atoms with van der Waals surface area (Å²) in [7, 11) is 3.83. The van der Waals surface area contributed by atoms with Gasteiger partial charge in [0.2, 0.25) is 0 Å². The Kier molecular flexibility index (Phi) is 6.51. The van der Waals surface area contributed by atoms with E-state index in [1.807, 2.05) is 31.1 Å². The van der Waals surface area contributed by atoms with Gasteiger partial charge in [0.15, 0.2) is 6.29 Å². The van der Waals surface area contributed by atoms with Gasteiger partial charge in [0, 0.05) is 31.0 Å². The van der Waals surface area contributed by atoms with Crippen LogP contribution in [0.5, 0.6) is 0 Å². The SMILES string of the molecule is CCOC(=O)c1c(-c2ccc(N(C)C)cc2)c(C=O)n(C(=O)OC(C)(C)C)c1C. The first kappa shape index (κ1) is 22.2. The third-order valence-electron chi connectivity index (χ3n) is 4.28. The molecule has 0 atom stereocenters. The molecular formula is C22H28N2O5. The zero-order valence-corrected chi connectivity index (χ0v) is 18.0. The highest BCUT2D eigenvalue weighted by molar-refractivity contribution is 6.06. The molecule has 156 valence electrons. The molecule has 0 aliphatic carbocycles. The minimum Gasteiger partial charge on any atom is -0.462 e. The van der Waals surface area contributed by atoms with E-state index in [-0.39, 0.29) is 17.9 Å². The molecule has 1 aromatic heterocycles. The van der Waals surface area contributed by atoms with Gasteiger partial charge in [0.05, 0.1) is 12.2 Å². The molecule has 0 aliphatic rings. The molecule has 0 unspecified atom stereocenters. The molecule has 0 spiro atoms. The van der Waals surface area contributed by atoms with Crippen molar-refractivity contribution in [3.63, 3.8) is 0 Å². The number of hydrogen-bond donors (Lipinski definition) is 0. The number of anilines is 1. The minimum absolute atomic E-state index is 0.0532. The topological polar surface area (TPSA) is 77.8 Å². The summed E-state index contributed by atoms with van der Waals surface area (Å²) in [5.41, 5.74) is 1.72. The first-order chi connectivity index (χ1) is 13.5. The van der Waals surface area contributed by atoms with Gasteiger partial charge in [-0.3, -0.25) is 4.79 Å². The number of benzene rings is 1. The van der Waals surface area contributed by atoms with Crippen molar-refractivity contribution in [1.82, 2.24) is 4.57 Å². The molecule has 0 N–H and O–H groups in total. The second-order valence-corrected chi connectivity index (χ2v) is 7.82. The number of carbonyl (C=O) groups excluding carboxylic acids is 3. The van der Waals surface area contributed by atoms with E-state index in [0.717, 1.165) is 10.3 Å². The molecule has 2 rings (SSSR count). The normalized spacial score (nSPS) is 11.1. The number of hydrogen-bond acceptors (Lipinski definition) is 6. The van der Waals surface area contributed by atoms with Gasteiger partial charge in [-0.05, 0) is 52.3 Å². The summed E-state index contributed by atoms with van der Waals surface area (Å²) in [6, 6.07) is 7.36. The van der Waals surface area contributed by atoms with Crippen LogP contribution in [-0.2, 0) is 9.47 Å². The van der Waals surface area contributed by atoms with Gasteiger partial charge in [-0.1, -0.05) is 12.1 Å². The van der Waals surface area contributed by atoms with Crippen molar-refractivity contribution in [2.75, 3.05) is 25.6 Å².